The summed E-state index contributed by atoms with van der Waals surface area (Å²) in [5.74, 6) is 0. The Bertz CT molecular complexity index is 1000. The number of rotatable bonds is 4. The summed E-state index contributed by atoms with van der Waals surface area (Å²) in [6, 6.07) is 30.8. The van der Waals surface area contributed by atoms with E-state index >= 15 is 0 Å². The highest BCUT2D eigenvalue weighted by Gasteiger charge is 2.07. The Morgan fingerprint density at radius 1 is 0.414 bits per heavy atom. The van der Waals surface area contributed by atoms with Crippen LogP contribution in [0.5, 0.6) is 0 Å². The van der Waals surface area contributed by atoms with Crippen molar-refractivity contribution in [3.05, 3.63) is 107 Å². The first-order chi connectivity index (χ1) is 14.0. The molecule has 0 radical (unpaired) electrons. The van der Waals surface area contributed by atoms with Crippen LogP contribution in [-0.4, -0.2) is 0 Å². The highest BCUT2D eigenvalue weighted by molar-refractivity contribution is 7.99. The zero-order valence-corrected chi connectivity index (χ0v) is 18.3. The average molecular weight is 395 g/mol. The minimum atomic E-state index is 1.26. The second-order valence-electron chi connectivity index (χ2n) is 7.68. The third kappa shape index (κ3) is 4.16. The van der Waals surface area contributed by atoms with E-state index in [1.807, 2.05) is 11.8 Å². The molecule has 0 heterocycles. The van der Waals surface area contributed by atoms with E-state index in [0.717, 1.165) is 0 Å². The van der Waals surface area contributed by atoms with Crippen LogP contribution in [0.1, 0.15) is 22.3 Å². The molecule has 0 aliphatic heterocycles. The lowest BCUT2D eigenvalue weighted by Crippen LogP contribution is -1.88. The minimum absolute atomic E-state index is 1.26. The van der Waals surface area contributed by atoms with E-state index < -0.39 is 0 Å². The van der Waals surface area contributed by atoms with Crippen molar-refractivity contribution in [2.45, 2.75) is 37.5 Å². The van der Waals surface area contributed by atoms with Gasteiger partial charge in [-0.05, 0) is 96.5 Å². The second kappa shape index (κ2) is 8.31. The minimum Gasteiger partial charge on any atom is -0.0901 e. The third-order valence-electron chi connectivity index (χ3n) is 5.48. The van der Waals surface area contributed by atoms with E-state index in [0.29, 0.717) is 0 Å². The average Bonchev–Trinajstić information content (AvgIpc) is 2.70. The van der Waals surface area contributed by atoms with E-state index in [1.54, 1.807) is 0 Å². The standard InChI is InChI=1S/C28H26S/c1-19-7-5-8-20(2)27(19)23-11-15-25(16-12-23)29-26-17-13-24(14-18-26)28-21(3)9-6-10-22(28)4/h5-18H,1-4H3. The van der Waals surface area contributed by atoms with Gasteiger partial charge in [0.25, 0.3) is 0 Å². The Balaban J connectivity index is 1.54. The summed E-state index contributed by atoms with van der Waals surface area (Å²) in [6.45, 7) is 8.73. The van der Waals surface area contributed by atoms with E-state index in [1.165, 1.54) is 54.3 Å². The van der Waals surface area contributed by atoms with Gasteiger partial charge in [-0.25, -0.2) is 0 Å². The summed E-state index contributed by atoms with van der Waals surface area (Å²) in [4.78, 5) is 2.53. The largest absolute Gasteiger partial charge is 0.0901 e. The van der Waals surface area contributed by atoms with Crippen molar-refractivity contribution in [2.75, 3.05) is 0 Å². The van der Waals surface area contributed by atoms with Gasteiger partial charge in [-0.1, -0.05) is 72.4 Å². The molecule has 0 amide bonds. The molecular weight excluding hydrogens is 368 g/mol. The molecule has 4 aromatic carbocycles. The molecule has 0 aliphatic rings. The van der Waals surface area contributed by atoms with Crippen LogP contribution >= 0.6 is 11.8 Å². The molecule has 0 saturated carbocycles. The fourth-order valence-electron chi connectivity index (χ4n) is 4.05. The van der Waals surface area contributed by atoms with Crippen molar-refractivity contribution in [3.8, 4) is 22.3 Å². The Kier molecular flexibility index (Phi) is 5.60. The monoisotopic (exact) mass is 394 g/mol. The molecule has 29 heavy (non-hydrogen) atoms. The van der Waals surface area contributed by atoms with E-state index in [4.69, 9.17) is 0 Å². The third-order valence-corrected chi connectivity index (χ3v) is 6.50. The van der Waals surface area contributed by atoms with Crippen molar-refractivity contribution in [2.24, 2.45) is 0 Å². The van der Waals surface area contributed by atoms with Crippen molar-refractivity contribution in [1.82, 2.24) is 0 Å². The molecule has 0 atom stereocenters. The summed E-state index contributed by atoms with van der Waals surface area (Å²) in [5, 5.41) is 0. The molecule has 1 heteroatoms. The van der Waals surface area contributed by atoms with Gasteiger partial charge in [0.15, 0.2) is 0 Å². The van der Waals surface area contributed by atoms with Crippen molar-refractivity contribution < 1.29 is 0 Å². The van der Waals surface area contributed by atoms with Crippen LogP contribution in [-0.2, 0) is 0 Å². The number of hydrogen-bond donors (Lipinski definition) is 0. The van der Waals surface area contributed by atoms with Crippen molar-refractivity contribution >= 4 is 11.8 Å². The first-order valence-electron chi connectivity index (χ1n) is 10.0. The molecule has 0 nitrogen and oxygen atoms in total. The maximum atomic E-state index is 2.24. The maximum absolute atomic E-state index is 2.24. The van der Waals surface area contributed by atoms with Crippen molar-refractivity contribution in [3.63, 3.8) is 0 Å². The topological polar surface area (TPSA) is 0 Å². The molecule has 4 rings (SSSR count). The first kappa shape index (κ1) is 19.5. The number of benzene rings is 4. The highest BCUT2D eigenvalue weighted by Crippen LogP contribution is 2.34. The van der Waals surface area contributed by atoms with Gasteiger partial charge in [-0.2, -0.15) is 0 Å². The molecular formula is C28H26S. The normalized spacial score (nSPS) is 10.9. The number of aryl methyl sites for hydroxylation is 4. The molecule has 0 aliphatic carbocycles. The molecule has 0 fully saturated rings. The predicted molar refractivity (Wildman–Crippen MR) is 127 cm³/mol. The van der Waals surface area contributed by atoms with Gasteiger partial charge in [0.2, 0.25) is 0 Å². The van der Waals surface area contributed by atoms with Crippen LogP contribution in [0.25, 0.3) is 22.3 Å². The Morgan fingerprint density at radius 3 is 1.03 bits per heavy atom. The Labute approximate surface area is 178 Å². The van der Waals surface area contributed by atoms with Gasteiger partial charge < -0.3 is 0 Å². The van der Waals surface area contributed by atoms with E-state index in [2.05, 4.69) is 113 Å². The fourth-order valence-corrected chi connectivity index (χ4v) is 4.87. The predicted octanol–water partition coefficient (Wildman–Crippen LogP) is 8.41. The van der Waals surface area contributed by atoms with Gasteiger partial charge in [0.1, 0.15) is 0 Å². The van der Waals surface area contributed by atoms with Crippen molar-refractivity contribution in [1.29, 1.82) is 0 Å². The van der Waals surface area contributed by atoms with Crippen LogP contribution in [0.3, 0.4) is 0 Å². The Morgan fingerprint density at radius 2 is 0.724 bits per heavy atom. The summed E-state index contributed by atoms with van der Waals surface area (Å²) in [6.07, 6.45) is 0. The van der Waals surface area contributed by atoms with Crippen LogP contribution in [0.4, 0.5) is 0 Å². The van der Waals surface area contributed by atoms with E-state index in [9.17, 15) is 0 Å². The van der Waals surface area contributed by atoms with Crippen LogP contribution < -0.4 is 0 Å². The number of hydrogen-bond acceptors (Lipinski definition) is 1. The van der Waals surface area contributed by atoms with Gasteiger partial charge in [-0.3, -0.25) is 0 Å². The second-order valence-corrected chi connectivity index (χ2v) is 8.83. The van der Waals surface area contributed by atoms with E-state index in [-0.39, 0.29) is 0 Å². The van der Waals surface area contributed by atoms with Crippen LogP contribution in [0, 0.1) is 27.7 Å². The van der Waals surface area contributed by atoms with Gasteiger partial charge in [-0.15, -0.1) is 0 Å². The molecule has 0 unspecified atom stereocenters. The molecule has 0 N–H and O–H groups in total. The van der Waals surface area contributed by atoms with Crippen LogP contribution in [0.2, 0.25) is 0 Å². The molecule has 0 saturated heterocycles. The summed E-state index contributed by atoms with van der Waals surface area (Å²) < 4.78 is 0. The maximum Gasteiger partial charge on any atom is 0.0122 e. The lowest BCUT2D eigenvalue weighted by molar-refractivity contribution is 1.35. The first-order valence-corrected chi connectivity index (χ1v) is 10.9. The van der Waals surface area contributed by atoms with Gasteiger partial charge in [0, 0.05) is 9.79 Å². The molecule has 144 valence electrons. The fraction of sp³-hybridized carbons (Fsp3) is 0.143. The summed E-state index contributed by atoms with van der Waals surface area (Å²) in [7, 11) is 0. The molecule has 0 spiro atoms. The smallest absolute Gasteiger partial charge is 0.0122 e. The zero-order chi connectivity index (χ0) is 20.4. The van der Waals surface area contributed by atoms with Gasteiger partial charge >= 0.3 is 0 Å². The zero-order valence-electron chi connectivity index (χ0n) is 17.5. The SMILES string of the molecule is Cc1cccc(C)c1-c1ccc(Sc2ccc(-c3c(C)cccc3C)cc2)cc1. The lowest BCUT2D eigenvalue weighted by Gasteiger charge is -2.12. The summed E-state index contributed by atoms with van der Waals surface area (Å²) in [5.41, 5.74) is 10.6. The quantitative estimate of drug-likeness (QED) is 0.335. The summed E-state index contributed by atoms with van der Waals surface area (Å²) >= 11 is 1.81. The Hall–Kier alpha value is -2.77. The van der Waals surface area contributed by atoms with Gasteiger partial charge in [0.05, 0.1) is 0 Å². The lowest BCUT2D eigenvalue weighted by atomic mass is 9.96. The van der Waals surface area contributed by atoms with Crippen LogP contribution in [0.15, 0.2) is 94.7 Å². The molecule has 4 aromatic rings. The molecule has 0 bridgehead atoms. The molecule has 0 aromatic heterocycles. The highest BCUT2D eigenvalue weighted by atomic mass is 32.2.